The summed E-state index contributed by atoms with van der Waals surface area (Å²) in [4.78, 5) is 18.9. The molecule has 3 aromatic rings. The van der Waals surface area contributed by atoms with Crippen LogP contribution in [-0.2, 0) is 11.3 Å². The number of carbonyl (C=O) groups excluding carboxylic acids is 1. The molecule has 4 N–H and O–H groups in total. The van der Waals surface area contributed by atoms with E-state index >= 15 is 0 Å². The predicted molar refractivity (Wildman–Crippen MR) is 116 cm³/mol. The number of anilines is 2. The third-order valence-corrected chi connectivity index (χ3v) is 5.56. The second kappa shape index (κ2) is 8.53. The third-order valence-electron chi connectivity index (χ3n) is 5.56. The van der Waals surface area contributed by atoms with Crippen LogP contribution in [0.15, 0.2) is 42.9 Å². The quantitative estimate of drug-likeness (QED) is 0.556. The molecule has 0 aliphatic carbocycles. The Morgan fingerprint density at radius 2 is 2.27 bits per heavy atom. The van der Waals surface area contributed by atoms with Crippen LogP contribution in [0, 0.1) is 18.3 Å². The number of hydrogen-bond donors (Lipinski definition) is 3. The molecule has 8 heteroatoms. The highest BCUT2D eigenvalue weighted by Crippen LogP contribution is 2.26. The number of aromatic nitrogens is 3. The Balaban J connectivity index is 1.59. The summed E-state index contributed by atoms with van der Waals surface area (Å²) in [5.74, 6) is 3.13. The summed E-state index contributed by atoms with van der Waals surface area (Å²) < 4.78 is 1.81. The molecule has 1 fully saturated rings. The second-order valence-corrected chi connectivity index (χ2v) is 7.50. The van der Waals surface area contributed by atoms with E-state index in [4.69, 9.17) is 12.2 Å². The average molecular weight is 403 g/mol. The highest BCUT2D eigenvalue weighted by Gasteiger charge is 2.31. The maximum atomic E-state index is 12.2. The van der Waals surface area contributed by atoms with E-state index in [0.29, 0.717) is 18.9 Å². The minimum Gasteiger partial charge on any atom is -0.359 e. The Morgan fingerprint density at radius 1 is 1.40 bits per heavy atom. The molecule has 8 nitrogen and oxygen atoms in total. The number of nitrogens with zero attached hydrogens (tertiary/aromatic N) is 4. The minimum atomic E-state index is -0.210. The number of amides is 1. The number of fused-ring (bicyclic) bond motifs is 1. The first-order valence-electron chi connectivity index (χ1n) is 9.93. The Hall–Kier alpha value is -3.41. The van der Waals surface area contributed by atoms with Crippen LogP contribution in [0.3, 0.4) is 0 Å². The molecule has 0 bridgehead atoms. The first-order chi connectivity index (χ1) is 14.6. The van der Waals surface area contributed by atoms with E-state index < -0.39 is 0 Å². The Morgan fingerprint density at radius 3 is 3.07 bits per heavy atom. The van der Waals surface area contributed by atoms with Crippen molar-refractivity contribution in [2.75, 3.05) is 25.5 Å². The molecule has 1 amide bonds. The molecular formula is C22H25N7O. The van der Waals surface area contributed by atoms with Gasteiger partial charge >= 0.3 is 0 Å². The van der Waals surface area contributed by atoms with Crippen molar-refractivity contribution in [2.45, 2.75) is 19.0 Å². The van der Waals surface area contributed by atoms with Crippen molar-refractivity contribution in [3.8, 4) is 12.3 Å². The van der Waals surface area contributed by atoms with Crippen LogP contribution in [0.2, 0.25) is 0 Å². The topological polar surface area (TPSA) is 101 Å². The summed E-state index contributed by atoms with van der Waals surface area (Å²) in [6, 6.07) is 9.56. The normalized spacial score (nSPS) is 19.4. The molecule has 0 spiro atoms. The molecule has 1 aliphatic rings. The fourth-order valence-electron chi connectivity index (χ4n) is 3.95. The maximum absolute atomic E-state index is 12.2. The maximum Gasteiger partial charge on any atom is 0.225 e. The highest BCUT2D eigenvalue weighted by molar-refractivity contribution is 5.79. The van der Waals surface area contributed by atoms with Crippen LogP contribution >= 0.6 is 0 Å². The molecule has 2 atom stereocenters. The van der Waals surface area contributed by atoms with Crippen LogP contribution in [0.4, 0.5) is 11.5 Å². The lowest BCUT2D eigenvalue weighted by Gasteiger charge is -2.35. The number of rotatable bonds is 5. The van der Waals surface area contributed by atoms with E-state index in [2.05, 4.69) is 31.5 Å². The lowest BCUT2D eigenvalue weighted by Crippen LogP contribution is -2.52. The van der Waals surface area contributed by atoms with Crippen LogP contribution in [0.25, 0.3) is 5.52 Å². The number of terminal acetylenes is 1. The summed E-state index contributed by atoms with van der Waals surface area (Å²) in [5, 5.41) is 10.4. The van der Waals surface area contributed by atoms with Gasteiger partial charge in [-0.25, -0.2) is 9.50 Å². The van der Waals surface area contributed by atoms with Crippen molar-refractivity contribution >= 4 is 22.9 Å². The van der Waals surface area contributed by atoms with E-state index in [1.165, 1.54) is 6.33 Å². The Labute approximate surface area is 175 Å². The molecule has 0 saturated carbocycles. The van der Waals surface area contributed by atoms with Crippen molar-refractivity contribution in [3.05, 3.63) is 54.0 Å². The Bertz CT molecular complexity index is 1100. The van der Waals surface area contributed by atoms with Crippen LogP contribution in [0.1, 0.15) is 17.5 Å². The third kappa shape index (κ3) is 3.99. The zero-order valence-corrected chi connectivity index (χ0v) is 16.9. The molecule has 1 saturated heterocycles. The van der Waals surface area contributed by atoms with Crippen molar-refractivity contribution in [1.29, 1.82) is 0 Å². The lowest BCUT2D eigenvalue weighted by molar-refractivity contribution is -0.126. The van der Waals surface area contributed by atoms with Gasteiger partial charge in [-0.2, -0.15) is 5.10 Å². The van der Waals surface area contributed by atoms with Crippen molar-refractivity contribution < 1.29 is 4.79 Å². The van der Waals surface area contributed by atoms with Gasteiger partial charge in [-0.3, -0.25) is 9.69 Å². The highest BCUT2D eigenvalue weighted by atomic mass is 16.1. The van der Waals surface area contributed by atoms with Crippen LogP contribution < -0.4 is 16.4 Å². The molecule has 30 heavy (non-hydrogen) atoms. The molecule has 2 aromatic heterocycles. The zero-order chi connectivity index (χ0) is 21.1. The summed E-state index contributed by atoms with van der Waals surface area (Å²) in [7, 11) is 1.65. The molecule has 1 unspecified atom stereocenters. The van der Waals surface area contributed by atoms with Gasteiger partial charge in [0.1, 0.15) is 11.8 Å². The molecule has 1 aromatic carbocycles. The van der Waals surface area contributed by atoms with Crippen LogP contribution in [-0.4, -0.2) is 51.6 Å². The van der Waals surface area contributed by atoms with Gasteiger partial charge < -0.3 is 16.4 Å². The average Bonchev–Trinajstić information content (AvgIpc) is 3.18. The minimum absolute atomic E-state index is 0.00646. The summed E-state index contributed by atoms with van der Waals surface area (Å²) in [6.45, 7) is 2.15. The number of hydrogen-bond acceptors (Lipinski definition) is 6. The largest absolute Gasteiger partial charge is 0.359 e. The standard InChI is InChI=1S/C22H25N7O/c1-3-15-5-4-6-17(11-15)27-21-20-16(7-10-29(20)26-14-25-21)12-28-9-8-19(23)18(13-28)22(30)24-2/h1,4-7,10-11,14,18-19H,8-9,12-13,23H2,2H3,(H,24,30)(H,25,26,27)/t18-,19?/m1/s1. The van der Waals surface area contributed by atoms with Gasteiger partial charge in [0.2, 0.25) is 5.91 Å². The van der Waals surface area contributed by atoms with Crippen molar-refractivity contribution in [3.63, 3.8) is 0 Å². The van der Waals surface area contributed by atoms with Gasteiger partial charge in [0, 0.05) is 50.2 Å². The fraction of sp³-hybridized carbons (Fsp3) is 0.318. The molecular weight excluding hydrogens is 378 g/mol. The van der Waals surface area contributed by atoms with E-state index in [1.807, 2.05) is 41.0 Å². The summed E-state index contributed by atoms with van der Waals surface area (Å²) in [6.07, 6.45) is 9.74. The number of carbonyl (C=O) groups is 1. The first-order valence-corrected chi connectivity index (χ1v) is 9.93. The lowest BCUT2D eigenvalue weighted by atomic mass is 9.92. The molecule has 154 valence electrons. The van der Waals surface area contributed by atoms with E-state index in [9.17, 15) is 4.79 Å². The number of likely N-dealkylation sites (tertiary alicyclic amines) is 1. The SMILES string of the molecule is C#Cc1cccc(Nc2ncnn3ccc(CN4CCC(N)[C@H](C(=O)NC)C4)c23)c1. The summed E-state index contributed by atoms with van der Waals surface area (Å²) >= 11 is 0. The number of benzene rings is 1. The molecule has 4 rings (SSSR count). The van der Waals surface area contributed by atoms with E-state index in [0.717, 1.165) is 35.3 Å². The van der Waals surface area contributed by atoms with E-state index in [-0.39, 0.29) is 17.9 Å². The number of nitrogens with two attached hydrogens (primary N) is 1. The van der Waals surface area contributed by atoms with Crippen LogP contribution in [0.5, 0.6) is 0 Å². The van der Waals surface area contributed by atoms with Gasteiger partial charge in [0.25, 0.3) is 0 Å². The van der Waals surface area contributed by atoms with Gasteiger partial charge in [0.15, 0.2) is 5.82 Å². The van der Waals surface area contributed by atoms with Crippen molar-refractivity contribution in [1.82, 2.24) is 24.8 Å². The molecule has 3 heterocycles. The molecule has 1 aliphatic heterocycles. The van der Waals surface area contributed by atoms with Gasteiger partial charge in [-0.1, -0.05) is 12.0 Å². The number of nitrogens with one attached hydrogen (secondary N) is 2. The number of piperidine rings is 1. The predicted octanol–water partition coefficient (Wildman–Crippen LogP) is 1.35. The van der Waals surface area contributed by atoms with Crippen molar-refractivity contribution in [2.24, 2.45) is 11.7 Å². The van der Waals surface area contributed by atoms with Gasteiger partial charge in [-0.05, 0) is 36.2 Å². The van der Waals surface area contributed by atoms with Gasteiger partial charge in [-0.15, -0.1) is 6.42 Å². The Kier molecular flexibility index (Phi) is 5.65. The van der Waals surface area contributed by atoms with Gasteiger partial charge in [0.05, 0.1) is 5.92 Å². The zero-order valence-electron chi connectivity index (χ0n) is 16.9. The molecule has 0 radical (unpaired) electrons. The fourth-order valence-corrected chi connectivity index (χ4v) is 3.95. The second-order valence-electron chi connectivity index (χ2n) is 7.50. The summed E-state index contributed by atoms with van der Waals surface area (Å²) in [5.41, 5.74) is 9.82. The smallest absolute Gasteiger partial charge is 0.225 e. The van der Waals surface area contributed by atoms with E-state index in [1.54, 1.807) is 7.05 Å². The monoisotopic (exact) mass is 403 g/mol. The first kappa shape index (κ1) is 19.9.